The predicted octanol–water partition coefficient (Wildman–Crippen LogP) is 1.65. The molecule has 1 atom stereocenters. The summed E-state index contributed by atoms with van der Waals surface area (Å²) >= 11 is 1.61. The third-order valence-electron chi connectivity index (χ3n) is 2.24. The van der Waals surface area contributed by atoms with E-state index >= 15 is 0 Å². The van der Waals surface area contributed by atoms with Crippen LogP contribution in [0.5, 0.6) is 0 Å². The smallest absolute Gasteiger partial charge is 0.189 e. The van der Waals surface area contributed by atoms with Crippen LogP contribution in [0, 0.1) is 6.92 Å². The molecule has 1 rings (SSSR count). The fourth-order valence-electron chi connectivity index (χ4n) is 1.04. The molecular formula is C10H18N4S. The van der Waals surface area contributed by atoms with Crippen molar-refractivity contribution in [2.24, 2.45) is 10.7 Å². The van der Waals surface area contributed by atoms with Gasteiger partial charge in [-0.25, -0.2) is 9.98 Å². The second-order valence-electron chi connectivity index (χ2n) is 3.52. The zero-order chi connectivity index (χ0) is 11.3. The first-order valence-electron chi connectivity index (χ1n) is 5.09. The van der Waals surface area contributed by atoms with Gasteiger partial charge in [0.15, 0.2) is 5.96 Å². The Balaban J connectivity index is 2.47. The summed E-state index contributed by atoms with van der Waals surface area (Å²) in [5.74, 6) is 0.511. The highest BCUT2D eigenvalue weighted by Crippen LogP contribution is 2.12. The van der Waals surface area contributed by atoms with E-state index in [4.69, 9.17) is 5.73 Å². The minimum Gasteiger partial charge on any atom is -0.370 e. The molecule has 15 heavy (non-hydrogen) atoms. The van der Waals surface area contributed by atoms with Gasteiger partial charge >= 0.3 is 0 Å². The molecule has 0 amide bonds. The molecule has 0 bridgehead atoms. The standard InChI is InChI=1S/C10H18N4S/c1-4-7(2)14-10(11)12-5-9-8(3)13-6-15-9/h6-7H,4-5H2,1-3H3,(H3,11,12,14). The first-order valence-corrected chi connectivity index (χ1v) is 5.96. The first-order chi connectivity index (χ1) is 7.13. The van der Waals surface area contributed by atoms with Crippen LogP contribution in [0.2, 0.25) is 0 Å². The summed E-state index contributed by atoms with van der Waals surface area (Å²) in [6.45, 7) is 6.80. The maximum atomic E-state index is 5.74. The van der Waals surface area contributed by atoms with Crippen LogP contribution in [-0.4, -0.2) is 17.0 Å². The van der Waals surface area contributed by atoms with Crippen LogP contribution >= 0.6 is 11.3 Å². The molecule has 0 aliphatic carbocycles. The van der Waals surface area contributed by atoms with Crippen LogP contribution < -0.4 is 11.1 Å². The van der Waals surface area contributed by atoms with Gasteiger partial charge in [0.05, 0.1) is 17.7 Å². The summed E-state index contributed by atoms with van der Waals surface area (Å²) in [6.07, 6.45) is 1.04. The Morgan fingerprint density at radius 3 is 3.00 bits per heavy atom. The van der Waals surface area contributed by atoms with Crippen molar-refractivity contribution < 1.29 is 0 Å². The second kappa shape index (κ2) is 5.70. The first kappa shape index (κ1) is 12.0. The summed E-state index contributed by atoms with van der Waals surface area (Å²) < 4.78 is 0. The molecule has 0 spiro atoms. The summed E-state index contributed by atoms with van der Waals surface area (Å²) in [7, 11) is 0. The van der Waals surface area contributed by atoms with Gasteiger partial charge in [-0.3, -0.25) is 0 Å². The van der Waals surface area contributed by atoms with Gasteiger partial charge < -0.3 is 11.1 Å². The number of nitrogens with one attached hydrogen (secondary N) is 1. The van der Waals surface area contributed by atoms with Crippen molar-refractivity contribution in [2.75, 3.05) is 0 Å². The lowest BCUT2D eigenvalue weighted by Gasteiger charge is -2.11. The molecule has 0 aromatic carbocycles. The van der Waals surface area contributed by atoms with Crippen molar-refractivity contribution in [3.05, 3.63) is 16.1 Å². The van der Waals surface area contributed by atoms with E-state index in [9.17, 15) is 0 Å². The summed E-state index contributed by atoms with van der Waals surface area (Å²) in [5, 5.41) is 3.12. The largest absolute Gasteiger partial charge is 0.370 e. The van der Waals surface area contributed by atoms with Gasteiger partial charge in [-0.1, -0.05) is 6.92 Å². The van der Waals surface area contributed by atoms with E-state index in [2.05, 4.69) is 29.1 Å². The van der Waals surface area contributed by atoms with E-state index in [-0.39, 0.29) is 0 Å². The Kier molecular flexibility index (Phi) is 4.55. The topological polar surface area (TPSA) is 63.3 Å². The molecule has 5 heteroatoms. The van der Waals surface area contributed by atoms with E-state index in [0.717, 1.165) is 12.1 Å². The van der Waals surface area contributed by atoms with Crippen molar-refractivity contribution in [3.8, 4) is 0 Å². The zero-order valence-electron chi connectivity index (χ0n) is 9.45. The van der Waals surface area contributed by atoms with Gasteiger partial charge in [0.1, 0.15) is 0 Å². The van der Waals surface area contributed by atoms with Crippen molar-refractivity contribution in [1.82, 2.24) is 10.3 Å². The van der Waals surface area contributed by atoms with Crippen molar-refractivity contribution in [3.63, 3.8) is 0 Å². The normalized spacial score (nSPS) is 13.9. The SMILES string of the molecule is CCC(C)NC(N)=NCc1scnc1C. The summed E-state index contributed by atoms with van der Waals surface area (Å²) in [4.78, 5) is 9.60. The minimum atomic E-state index is 0.372. The van der Waals surface area contributed by atoms with E-state index in [0.29, 0.717) is 18.5 Å². The molecule has 0 aliphatic rings. The molecule has 1 aromatic heterocycles. The molecule has 0 saturated heterocycles. The number of nitrogens with zero attached hydrogens (tertiary/aromatic N) is 2. The van der Waals surface area contributed by atoms with Crippen LogP contribution in [0.25, 0.3) is 0 Å². The number of guanidine groups is 1. The lowest BCUT2D eigenvalue weighted by Crippen LogP contribution is -2.38. The van der Waals surface area contributed by atoms with Gasteiger partial charge in [-0.15, -0.1) is 11.3 Å². The van der Waals surface area contributed by atoms with Crippen molar-refractivity contribution in [2.45, 2.75) is 39.8 Å². The number of nitrogens with two attached hydrogens (primary N) is 1. The number of rotatable bonds is 4. The molecule has 0 aliphatic heterocycles. The van der Waals surface area contributed by atoms with Gasteiger partial charge in [0.2, 0.25) is 0 Å². The Labute approximate surface area is 94.6 Å². The Morgan fingerprint density at radius 2 is 2.47 bits per heavy atom. The Hall–Kier alpha value is -1.10. The highest BCUT2D eigenvalue weighted by atomic mass is 32.1. The third kappa shape index (κ3) is 3.87. The van der Waals surface area contributed by atoms with E-state index < -0.39 is 0 Å². The molecule has 0 radical (unpaired) electrons. The third-order valence-corrected chi connectivity index (χ3v) is 3.16. The van der Waals surface area contributed by atoms with Gasteiger partial charge in [-0.05, 0) is 20.3 Å². The lowest BCUT2D eigenvalue weighted by molar-refractivity contribution is 0.636. The molecule has 4 nitrogen and oxygen atoms in total. The fraction of sp³-hybridized carbons (Fsp3) is 0.600. The number of aryl methyl sites for hydroxylation is 1. The quantitative estimate of drug-likeness (QED) is 0.606. The van der Waals surface area contributed by atoms with Crippen molar-refractivity contribution in [1.29, 1.82) is 0 Å². The molecule has 1 heterocycles. The summed E-state index contributed by atoms with van der Waals surface area (Å²) in [6, 6.07) is 0.372. The van der Waals surface area contributed by atoms with Crippen LogP contribution in [0.1, 0.15) is 30.8 Å². The molecule has 1 aromatic rings. The average molecular weight is 226 g/mol. The molecule has 0 fully saturated rings. The average Bonchev–Trinajstić information content (AvgIpc) is 2.61. The van der Waals surface area contributed by atoms with E-state index in [1.165, 1.54) is 4.88 Å². The number of hydrogen-bond donors (Lipinski definition) is 2. The second-order valence-corrected chi connectivity index (χ2v) is 4.46. The van der Waals surface area contributed by atoms with E-state index in [1.807, 2.05) is 12.4 Å². The molecular weight excluding hydrogens is 208 g/mol. The van der Waals surface area contributed by atoms with Crippen LogP contribution in [-0.2, 0) is 6.54 Å². The molecule has 0 saturated carbocycles. The van der Waals surface area contributed by atoms with E-state index in [1.54, 1.807) is 11.3 Å². The van der Waals surface area contributed by atoms with Gasteiger partial charge in [0, 0.05) is 10.9 Å². The maximum absolute atomic E-state index is 5.74. The number of aliphatic imine (C=N–C) groups is 1. The fourth-order valence-corrected chi connectivity index (χ4v) is 1.74. The molecule has 1 unspecified atom stereocenters. The van der Waals surface area contributed by atoms with Crippen molar-refractivity contribution >= 4 is 17.3 Å². The molecule has 84 valence electrons. The molecule has 3 N–H and O–H groups in total. The van der Waals surface area contributed by atoms with Gasteiger partial charge in [0.25, 0.3) is 0 Å². The Bertz CT molecular complexity index is 332. The highest BCUT2D eigenvalue weighted by Gasteiger charge is 2.01. The summed E-state index contributed by atoms with van der Waals surface area (Å²) in [5.41, 5.74) is 8.61. The number of thiazole rings is 1. The Morgan fingerprint density at radius 1 is 1.73 bits per heavy atom. The maximum Gasteiger partial charge on any atom is 0.189 e. The monoisotopic (exact) mass is 226 g/mol. The lowest BCUT2D eigenvalue weighted by atomic mass is 10.3. The minimum absolute atomic E-state index is 0.372. The predicted molar refractivity (Wildman–Crippen MR) is 65.1 cm³/mol. The van der Waals surface area contributed by atoms with Crippen LogP contribution in [0.3, 0.4) is 0 Å². The van der Waals surface area contributed by atoms with Gasteiger partial charge in [-0.2, -0.15) is 0 Å². The number of aromatic nitrogens is 1. The van der Waals surface area contributed by atoms with Crippen LogP contribution in [0.4, 0.5) is 0 Å². The zero-order valence-corrected chi connectivity index (χ0v) is 10.3. The van der Waals surface area contributed by atoms with Crippen LogP contribution in [0.15, 0.2) is 10.5 Å². The number of hydrogen-bond acceptors (Lipinski definition) is 3. The highest BCUT2D eigenvalue weighted by molar-refractivity contribution is 7.09.